The van der Waals surface area contributed by atoms with E-state index >= 15 is 0 Å². The largest absolute Gasteiger partial charge is 0.454 e. The van der Waals surface area contributed by atoms with Crippen molar-refractivity contribution < 1.29 is 4.42 Å². The highest BCUT2D eigenvalue weighted by atomic mass is 28.3. The summed E-state index contributed by atoms with van der Waals surface area (Å²) < 4.78 is 11.8. The number of aryl methyl sites for hydroxylation is 1. The Morgan fingerprint density at radius 3 is 1.95 bits per heavy atom. The van der Waals surface area contributed by atoms with Crippen molar-refractivity contribution in [1.29, 1.82) is 0 Å². The Balaban J connectivity index is 1.59. The molecule has 0 atom stereocenters. The minimum atomic E-state index is -1.62. The van der Waals surface area contributed by atoms with Crippen LogP contribution in [0.1, 0.15) is 11.3 Å². The van der Waals surface area contributed by atoms with Gasteiger partial charge in [0.2, 0.25) is 0 Å². The monoisotopic (exact) mass is 548 g/mol. The van der Waals surface area contributed by atoms with Gasteiger partial charge < -0.3 is 13.6 Å². The van der Waals surface area contributed by atoms with Crippen LogP contribution in [0.3, 0.4) is 0 Å². The van der Waals surface area contributed by atoms with E-state index in [4.69, 9.17) is 4.42 Å². The summed E-state index contributed by atoms with van der Waals surface area (Å²) in [5, 5.41) is 7.51. The number of nitrogens with zero attached hydrogens (tertiary/aromatic N) is 2. The minimum absolute atomic E-state index is 0.944. The fraction of sp³-hybridized carbons (Fsp3) is 0.135. The van der Waals surface area contributed by atoms with E-state index in [1.807, 2.05) is 0 Å². The van der Waals surface area contributed by atoms with Gasteiger partial charge in [0.1, 0.15) is 5.58 Å². The van der Waals surface area contributed by atoms with Crippen LogP contribution in [0.15, 0.2) is 108 Å². The fourth-order valence-electron chi connectivity index (χ4n) is 6.82. The summed E-state index contributed by atoms with van der Waals surface area (Å²) in [6.45, 7) is 11.7. The molecule has 4 heteroatoms. The van der Waals surface area contributed by atoms with Crippen molar-refractivity contribution in [3.63, 3.8) is 0 Å². The van der Waals surface area contributed by atoms with Gasteiger partial charge in [-0.25, -0.2) is 0 Å². The molecular weight excluding hydrogens is 517 g/mol. The number of hydrogen-bond donors (Lipinski definition) is 0. The first-order chi connectivity index (χ1) is 19.8. The Kier molecular flexibility index (Phi) is 5.02. The smallest absolute Gasteiger partial charge is 0.159 e. The molecule has 0 spiro atoms. The molecule has 3 heterocycles. The van der Waals surface area contributed by atoms with E-state index in [9.17, 15) is 0 Å². The first-order valence-corrected chi connectivity index (χ1v) is 17.9. The summed E-state index contributed by atoms with van der Waals surface area (Å²) in [7, 11) is -1.62. The van der Waals surface area contributed by atoms with E-state index in [1.54, 1.807) is 0 Å². The maximum Gasteiger partial charge on any atom is 0.159 e. The van der Waals surface area contributed by atoms with Crippen LogP contribution in [0, 0.1) is 13.8 Å². The minimum Gasteiger partial charge on any atom is -0.454 e. The summed E-state index contributed by atoms with van der Waals surface area (Å²) >= 11 is 0. The molecule has 0 radical (unpaired) electrons. The zero-order valence-electron chi connectivity index (χ0n) is 24.1. The molecule has 200 valence electrons. The molecule has 0 aliphatic rings. The average Bonchev–Trinajstić information content (AvgIpc) is 3.61. The van der Waals surface area contributed by atoms with Crippen molar-refractivity contribution in [2.45, 2.75) is 33.5 Å². The van der Waals surface area contributed by atoms with Gasteiger partial charge >= 0.3 is 0 Å². The number of fused-ring (bicyclic) bond motifs is 8. The summed E-state index contributed by atoms with van der Waals surface area (Å²) in [5.41, 5.74) is 10.4. The Labute approximate surface area is 240 Å². The van der Waals surface area contributed by atoms with Gasteiger partial charge in [0.25, 0.3) is 0 Å². The van der Waals surface area contributed by atoms with Crippen LogP contribution in [0.4, 0.5) is 0 Å². The molecule has 8 rings (SSSR count). The zero-order valence-corrected chi connectivity index (χ0v) is 25.1. The first-order valence-electron chi connectivity index (χ1n) is 14.4. The topological polar surface area (TPSA) is 23.0 Å². The molecular formula is C37H32N2OSi. The molecule has 3 aromatic heterocycles. The highest BCUT2D eigenvalue weighted by Crippen LogP contribution is 2.42. The van der Waals surface area contributed by atoms with Gasteiger partial charge in [-0.1, -0.05) is 98.5 Å². The summed E-state index contributed by atoms with van der Waals surface area (Å²) in [5.74, 6) is 0. The number of benzene rings is 5. The van der Waals surface area contributed by atoms with E-state index in [1.165, 1.54) is 65.6 Å². The number of furan rings is 1. The van der Waals surface area contributed by atoms with E-state index < -0.39 is 8.07 Å². The fourth-order valence-corrected chi connectivity index (χ4v) is 8.28. The summed E-state index contributed by atoms with van der Waals surface area (Å²) in [4.78, 5) is 0. The third-order valence-corrected chi connectivity index (χ3v) is 10.9. The number of rotatable bonds is 3. The quantitative estimate of drug-likeness (QED) is 0.202. The van der Waals surface area contributed by atoms with Crippen molar-refractivity contribution >= 4 is 67.9 Å². The maximum absolute atomic E-state index is 6.93. The van der Waals surface area contributed by atoms with Crippen LogP contribution < -0.4 is 5.19 Å². The van der Waals surface area contributed by atoms with Crippen LogP contribution in [-0.4, -0.2) is 17.2 Å². The normalized spacial score (nSPS) is 12.5. The molecule has 0 saturated heterocycles. The summed E-state index contributed by atoms with van der Waals surface area (Å²) in [6.07, 6.45) is 0. The standard InChI is InChI=1S/C37H32N2OSi/c1-23-24(2)38(25-13-7-6-8-14-25)34-26(23)21-22-28-27-15-9-10-18-31(27)39(35(28)34)32-19-11-16-29-30-17-12-20-33(41(3,4)5)37(30)40-36(29)32/h6-22H,1-5H3. The molecule has 41 heavy (non-hydrogen) atoms. The summed E-state index contributed by atoms with van der Waals surface area (Å²) in [6, 6.07) is 37.4. The molecule has 0 aliphatic carbocycles. The lowest BCUT2D eigenvalue weighted by Crippen LogP contribution is -2.37. The van der Waals surface area contributed by atoms with Gasteiger partial charge in [-0.2, -0.15) is 0 Å². The van der Waals surface area contributed by atoms with Crippen LogP contribution in [0.2, 0.25) is 19.6 Å². The third-order valence-electron chi connectivity index (χ3n) is 8.88. The van der Waals surface area contributed by atoms with Gasteiger partial charge in [-0.15, -0.1) is 0 Å². The van der Waals surface area contributed by atoms with Crippen molar-refractivity contribution in [2.24, 2.45) is 0 Å². The third kappa shape index (κ3) is 3.31. The van der Waals surface area contributed by atoms with Gasteiger partial charge in [-0.3, -0.25) is 0 Å². The second-order valence-corrected chi connectivity index (χ2v) is 17.3. The Hall–Kier alpha value is -4.54. The maximum atomic E-state index is 6.93. The molecule has 0 N–H and O–H groups in total. The van der Waals surface area contributed by atoms with E-state index in [-0.39, 0.29) is 0 Å². The van der Waals surface area contributed by atoms with Crippen LogP contribution in [-0.2, 0) is 0 Å². The zero-order chi connectivity index (χ0) is 28.0. The molecule has 3 nitrogen and oxygen atoms in total. The van der Waals surface area contributed by atoms with E-state index in [2.05, 4.69) is 146 Å². The number of hydrogen-bond acceptors (Lipinski definition) is 1. The second-order valence-electron chi connectivity index (χ2n) is 12.3. The number of para-hydroxylation sites is 4. The van der Waals surface area contributed by atoms with Crippen LogP contribution in [0.25, 0.3) is 66.0 Å². The van der Waals surface area contributed by atoms with Gasteiger partial charge in [0.05, 0.1) is 30.3 Å². The molecule has 0 amide bonds. The molecule has 0 bridgehead atoms. The van der Waals surface area contributed by atoms with Gasteiger partial charge in [0, 0.05) is 38.3 Å². The van der Waals surface area contributed by atoms with Crippen LogP contribution in [0.5, 0.6) is 0 Å². The molecule has 0 aliphatic heterocycles. The van der Waals surface area contributed by atoms with Crippen molar-refractivity contribution in [3.05, 3.63) is 114 Å². The van der Waals surface area contributed by atoms with E-state index in [0.717, 1.165) is 16.9 Å². The lowest BCUT2D eigenvalue weighted by molar-refractivity contribution is 0.668. The Bertz CT molecular complexity index is 2310. The second kappa shape index (κ2) is 8.48. The first kappa shape index (κ1) is 24.3. The number of aromatic nitrogens is 2. The lowest BCUT2D eigenvalue weighted by Gasteiger charge is -2.16. The van der Waals surface area contributed by atoms with Crippen LogP contribution >= 0.6 is 0 Å². The average molecular weight is 549 g/mol. The van der Waals surface area contributed by atoms with Gasteiger partial charge in [-0.05, 0) is 48.9 Å². The molecule has 8 aromatic rings. The predicted octanol–water partition coefficient (Wildman–Crippen LogP) is 9.79. The predicted molar refractivity (Wildman–Crippen MR) is 177 cm³/mol. The van der Waals surface area contributed by atoms with Crippen molar-refractivity contribution in [2.75, 3.05) is 0 Å². The molecule has 0 fully saturated rings. The molecule has 0 saturated carbocycles. The van der Waals surface area contributed by atoms with Crippen molar-refractivity contribution in [3.8, 4) is 11.4 Å². The lowest BCUT2D eigenvalue weighted by atomic mass is 10.1. The van der Waals surface area contributed by atoms with Gasteiger partial charge in [0.15, 0.2) is 5.58 Å². The SMILES string of the molecule is Cc1c(C)n(-c2ccccc2)c2c1ccc1c3ccccc3n(-c3cccc4c3oc3c([Si](C)(C)C)cccc34)c12. The molecule has 5 aromatic carbocycles. The van der Waals surface area contributed by atoms with E-state index in [0.29, 0.717) is 0 Å². The Morgan fingerprint density at radius 1 is 0.537 bits per heavy atom. The van der Waals surface area contributed by atoms with Crippen molar-refractivity contribution in [1.82, 2.24) is 9.13 Å². The highest BCUT2D eigenvalue weighted by Gasteiger charge is 2.25. The Morgan fingerprint density at radius 2 is 1.17 bits per heavy atom. The highest BCUT2D eigenvalue weighted by molar-refractivity contribution is 6.90. The molecule has 0 unspecified atom stereocenters.